The van der Waals surface area contributed by atoms with Crippen LogP contribution in [0.1, 0.15) is 25.1 Å². The van der Waals surface area contributed by atoms with Gasteiger partial charge in [0.15, 0.2) is 0 Å². The van der Waals surface area contributed by atoms with Gasteiger partial charge in [0.25, 0.3) is 5.56 Å². The Balaban J connectivity index is 2.16. The lowest BCUT2D eigenvalue weighted by atomic mass is 10.2. The van der Waals surface area contributed by atoms with Crippen molar-refractivity contribution in [3.8, 4) is 0 Å². The molecule has 6 nitrogen and oxygen atoms in total. The molecule has 0 aliphatic rings. The number of rotatable bonds is 5. The summed E-state index contributed by atoms with van der Waals surface area (Å²) in [5.41, 5.74) is 2.77. The highest BCUT2D eigenvalue weighted by Crippen LogP contribution is 2.18. The third kappa shape index (κ3) is 3.53. The second-order valence-corrected chi connectivity index (χ2v) is 6.28. The van der Waals surface area contributed by atoms with Crippen LogP contribution in [0.5, 0.6) is 0 Å². The van der Waals surface area contributed by atoms with Gasteiger partial charge in [0, 0.05) is 31.4 Å². The summed E-state index contributed by atoms with van der Waals surface area (Å²) < 4.78 is 3.82. The first-order valence-corrected chi connectivity index (χ1v) is 7.66. The van der Waals surface area contributed by atoms with E-state index in [9.17, 15) is 4.79 Å². The molecule has 0 spiro atoms. The molecule has 0 saturated heterocycles. The number of hydrogen-bond acceptors (Lipinski definition) is 4. The average Bonchev–Trinajstić information content (AvgIpc) is 2.74. The van der Waals surface area contributed by atoms with E-state index in [1.165, 1.54) is 4.68 Å². The Morgan fingerprint density at radius 2 is 2.05 bits per heavy atom. The van der Waals surface area contributed by atoms with Gasteiger partial charge in [-0.2, -0.15) is 10.2 Å². The molecule has 0 aromatic carbocycles. The predicted octanol–water partition coefficient (Wildman–Crippen LogP) is 2.32. The molecular weight excluding hydrogens is 334 g/mol. The molecule has 2 rings (SSSR count). The predicted molar refractivity (Wildman–Crippen MR) is 86.3 cm³/mol. The molecule has 2 aromatic rings. The third-order valence-corrected chi connectivity index (χ3v) is 4.10. The Kier molecular flexibility index (Phi) is 4.82. The fourth-order valence-corrected chi connectivity index (χ4v) is 2.42. The van der Waals surface area contributed by atoms with Gasteiger partial charge in [-0.1, -0.05) is 13.8 Å². The lowest BCUT2D eigenvalue weighted by molar-refractivity contribution is 0.462. The maximum absolute atomic E-state index is 12.2. The van der Waals surface area contributed by atoms with Crippen LogP contribution in [0.4, 0.5) is 5.69 Å². The van der Waals surface area contributed by atoms with Crippen molar-refractivity contribution in [3.63, 3.8) is 0 Å². The summed E-state index contributed by atoms with van der Waals surface area (Å²) >= 11 is 3.36. The fraction of sp³-hybridized carbons (Fsp3) is 0.500. The molecule has 0 amide bonds. The standard InChI is InChI=1S/C14H20BrN5O/c1-9(2)8-20-14(21)13(15)12(7-18-20)16-5-11-6-17-19(4)10(11)3/h6-7,9,16H,5,8H2,1-4H3. The molecule has 114 valence electrons. The van der Waals surface area contributed by atoms with Gasteiger partial charge in [0.1, 0.15) is 4.47 Å². The van der Waals surface area contributed by atoms with Crippen molar-refractivity contribution < 1.29 is 0 Å². The van der Waals surface area contributed by atoms with Crippen molar-refractivity contribution in [1.82, 2.24) is 19.6 Å². The molecule has 21 heavy (non-hydrogen) atoms. The molecule has 0 atom stereocenters. The summed E-state index contributed by atoms with van der Waals surface area (Å²) in [5.74, 6) is 0.374. The van der Waals surface area contributed by atoms with Crippen molar-refractivity contribution in [2.75, 3.05) is 5.32 Å². The van der Waals surface area contributed by atoms with Gasteiger partial charge in [0.05, 0.1) is 18.1 Å². The smallest absolute Gasteiger partial charge is 0.283 e. The Morgan fingerprint density at radius 3 is 2.62 bits per heavy atom. The Labute approximate surface area is 132 Å². The van der Waals surface area contributed by atoms with E-state index in [-0.39, 0.29) is 5.56 Å². The maximum atomic E-state index is 12.2. The van der Waals surface area contributed by atoms with Gasteiger partial charge in [-0.3, -0.25) is 9.48 Å². The quantitative estimate of drug-likeness (QED) is 0.895. The van der Waals surface area contributed by atoms with E-state index in [2.05, 4.69) is 45.3 Å². The Bertz CT molecular complexity index is 689. The SMILES string of the molecule is Cc1c(CNc2cnn(CC(C)C)c(=O)c2Br)cnn1C. The van der Waals surface area contributed by atoms with Crippen LogP contribution in [0.3, 0.4) is 0 Å². The van der Waals surface area contributed by atoms with Crippen LogP contribution in [0.25, 0.3) is 0 Å². The molecule has 0 aliphatic carbocycles. The highest BCUT2D eigenvalue weighted by molar-refractivity contribution is 9.10. The van der Waals surface area contributed by atoms with E-state index in [1.54, 1.807) is 6.20 Å². The molecular formula is C14H20BrN5O. The topological polar surface area (TPSA) is 64.7 Å². The molecule has 0 radical (unpaired) electrons. The van der Waals surface area contributed by atoms with Crippen LogP contribution >= 0.6 is 15.9 Å². The minimum Gasteiger partial charge on any atom is -0.378 e. The van der Waals surface area contributed by atoms with Crippen LogP contribution in [0.2, 0.25) is 0 Å². The number of aryl methyl sites for hydroxylation is 1. The Morgan fingerprint density at radius 1 is 1.33 bits per heavy atom. The van der Waals surface area contributed by atoms with Gasteiger partial charge in [-0.25, -0.2) is 4.68 Å². The molecule has 0 aliphatic heterocycles. The van der Waals surface area contributed by atoms with Gasteiger partial charge >= 0.3 is 0 Å². The zero-order valence-corrected chi connectivity index (χ0v) is 14.3. The van der Waals surface area contributed by atoms with Crippen molar-refractivity contribution >= 4 is 21.6 Å². The van der Waals surface area contributed by atoms with Crippen LogP contribution in [-0.4, -0.2) is 19.6 Å². The highest BCUT2D eigenvalue weighted by Gasteiger charge is 2.10. The van der Waals surface area contributed by atoms with E-state index in [0.29, 0.717) is 29.2 Å². The molecule has 2 heterocycles. The summed E-state index contributed by atoms with van der Waals surface area (Å²) in [4.78, 5) is 12.2. The summed E-state index contributed by atoms with van der Waals surface area (Å²) in [6.45, 7) is 7.34. The fourth-order valence-electron chi connectivity index (χ4n) is 1.97. The summed E-state index contributed by atoms with van der Waals surface area (Å²) in [6, 6.07) is 0. The second kappa shape index (κ2) is 6.43. The van der Waals surface area contributed by atoms with E-state index in [0.717, 1.165) is 11.3 Å². The minimum atomic E-state index is -0.114. The van der Waals surface area contributed by atoms with Crippen molar-refractivity contribution in [2.24, 2.45) is 13.0 Å². The van der Waals surface area contributed by atoms with Crippen molar-refractivity contribution in [1.29, 1.82) is 0 Å². The first-order chi connectivity index (χ1) is 9.90. The summed E-state index contributed by atoms with van der Waals surface area (Å²) in [7, 11) is 1.91. The van der Waals surface area contributed by atoms with Crippen molar-refractivity contribution in [2.45, 2.75) is 33.9 Å². The summed E-state index contributed by atoms with van der Waals surface area (Å²) in [6.07, 6.45) is 3.50. The normalized spacial score (nSPS) is 11.1. The second-order valence-electron chi connectivity index (χ2n) is 5.49. The monoisotopic (exact) mass is 353 g/mol. The number of nitrogens with zero attached hydrogens (tertiary/aromatic N) is 4. The number of aromatic nitrogens is 4. The first kappa shape index (κ1) is 15.8. The largest absolute Gasteiger partial charge is 0.378 e. The molecule has 0 bridgehead atoms. The van der Waals surface area contributed by atoms with E-state index < -0.39 is 0 Å². The first-order valence-electron chi connectivity index (χ1n) is 6.87. The van der Waals surface area contributed by atoms with Crippen LogP contribution in [0, 0.1) is 12.8 Å². The molecule has 0 fully saturated rings. The van der Waals surface area contributed by atoms with Crippen LogP contribution < -0.4 is 10.9 Å². The zero-order valence-electron chi connectivity index (χ0n) is 12.7. The molecule has 0 saturated carbocycles. The Hall–Kier alpha value is -1.63. The lowest BCUT2D eigenvalue weighted by Gasteiger charge is -2.11. The third-order valence-electron chi connectivity index (χ3n) is 3.33. The number of halogens is 1. The van der Waals surface area contributed by atoms with Crippen molar-refractivity contribution in [3.05, 3.63) is 38.5 Å². The van der Waals surface area contributed by atoms with Gasteiger partial charge in [0.2, 0.25) is 0 Å². The van der Waals surface area contributed by atoms with E-state index >= 15 is 0 Å². The van der Waals surface area contributed by atoms with Crippen LogP contribution in [-0.2, 0) is 20.1 Å². The number of nitrogens with one attached hydrogen (secondary N) is 1. The minimum absolute atomic E-state index is 0.114. The lowest BCUT2D eigenvalue weighted by Crippen LogP contribution is -2.26. The molecule has 0 unspecified atom stereocenters. The summed E-state index contributed by atoms with van der Waals surface area (Å²) in [5, 5.41) is 11.6. The number of hydrogen-bond donors (Lipinski definition) is 1. The average molecular weight is 354 g/mol. The zero-order chi connectivity index (χ0) is 15.6. The molecule has 2 aromatic heterocycles. The van der Waals surface area contributed by atoms with Gasteiger partial charge < -0.3 is 5.32 Å². The highest BCUT2D eigenvalue weighted by atomic mass is 79.9. The van der Waals surface area contributed by atoms with E-state index in [1.807, 2.05) is 24.9 Å². The van der Waals surface area contributed by atoms with Gasteiger partial charge in [-0.15, -0.1) is 0 Å². The van der Waals surface area contributed by atoms with Gasteiger partial charge in [-0.05, 0) is 28.8 Å². The van der Waals surface area contributed by atoms with Crippen LogP contribution in [0.15, 0.2) is 21.7 Å². The maximum Gasteiger partial charge on any atom is 0.283 e. The number of anilines is 1. The molecule has 7 heteroatoms. The molecule has 1 N–H and O–H groups in total. The van der Waals surface area contributed by atoms with E-state index in [4.69, 9.17) is 0 Å².